The fourth-order valence-electron chi connectivity index (χ4n) is 3.86. The van der Waals surface area contributed by atoms with Gasteiger partial charge in [-0.05, 0) is 17.5 Å². The summed E-state index contributed by atoms with van der Waals surface area (Å²) in [4.78, 5) is 26.3. The number of ketones is 1. The van der Waals surface area contributed by atoms with Gasteiger partial charge in [-0.2, -0.15) is 4.31 Å². The Morgan fingerprint density at radius 3 is 2.22 bits per heavy atom. The molecule has 4 rings (SSSR count). The predicted octanol–water partition coefficient (Wildman–Crippen LogP) is 3.68. The van der Waals surface area contributed by atoms with E-state index in [0.717, 1.165) is 14.7 Å². The zero-order valence-corrected chi connectivity index (χ0v) is 19.1. The Kier molecular flexibility index (Phi) is 6.00. The number of carbonyl (C=O) groups excluding carboxylic acids is 2. The maximum atomic E-state index is 13.1. The van der Waals surface area contributed by atoms with Gasteiger partial charge in [-0.1, -0.05) is 68.4 Å². The summed E-state index contributed by atoms with van der Waals surface area (Å²) in [6.45, 7) is 3.53. The normalized spacial score (nSPS) is 16.0. The lowest BCUT2D eigenvalue weighted by atomic mass is 10.0. The highest BCUT2D eigenvalue weighted by Crippen LogP contribution is 2.42. The molecule has 2 heterocycles. The van der Waals surface area contributed by atoms with Crippen LogP contribution in [-0.2, 0) is 21.4 Å². The number of nitrogens with one attached hydrogen (secondary N) is 1. The van der Waals surface area contributed by atoms with Crippen LogP contribution in [0.1, 0.15) is 34.6 Å². The number of fused-ring (bicyclic) bond motifs is 1. The molecule has 0 spiro atoms. The second-order valence-electron chi connectivity index (χ2n) is 7.89. The minimum absolute atomic E-state index is 0.0726. The molecular weight excluding hydrogens is 448 g/mol. The Hall–Kier alpha value is -2.85. The number of sulfonamides is 1. The van der Waals surface area contributed by atoms with Crippen LogP contribution in [-0.4, -0.2) is 35.7 Å². The molecule has 0 aliphatic carbocycles. The summed E-state index contributed by atoms with van der Waals surface area (Å²) in [5.41, 5.74) is 3.54. The molecule has 7 nitrogen and oxygen atoms in total. The van der Waals surface area contributed by atoms with Crippen LogP contribution in [0.3, 0.4) is 0 Å². The number of hydrogen-bond acceptors (Lipinski definition) is 6. The SMILES string of the molecule is CC(C)C(C(=O)NO)N1Cc2sc(-c3ccc(C(=O)c4ccccc4)cc3)cc2S1(=O)=O. The molecule has 1 atom stereocenters. The number of thiophene rings is 1. The summed E-state index contributed by atoms with van der Waals surface area (Å²) in [7, 11) is -3.87. The second kappa shape index (κ2) is 8.59. The Labute approximate surface area is 190 Å². The maximum Gasteiger partial charge on any atom is 0.262 e. The first-order valence-corrected chi connectivity index (χ1v) is 12.3. The van der Waals surface area contributed by atoms with Crippen molar-refractivity contribution < 1.29 is 23.2 Å². The molecule has 1 aromatic heterocycles. The highest BCUT2D eigenvalue weighted by Gasteiger charge is 2.44. The van der Waals surface area contributed by atoms with E-state index in [1.54, 1.807) is 61.8 Å². The highest BCUT2D eigenvalue weighted by molar-refractivity contribution is 7.89. The fraction of sp³-hybridized carbons (Fsp3) is 0.217. The van der Waals surface area contributed by atoms with Crippen LogP contribution in [0.25, 0.3) is 10.4 Å². The van der Waals surface area contributed by atoms with E-state index in [1.165, 1.54) is 11.3 Å². The summed E-state index contributed by atoms with van der Waals surface area (Å²) in [6.07, 6.45) is 0. The van der Waals surface area contributed by atoms with Crippen molar-refractivity contribution in [3.05, 3.63) is 76.7 Å². The molecule has 2 aromatic carbocycles. The third-order valence-corrected chi connectivity index (χ3v) is 8.64. The van der Waals surface area contributed by atoms with E-state index < -0.39 is 22.0 Å². The van der Waals surface area contributed by atoms with Crippen molar-refractivity contribution in [3.63, 3.8) is 0 Å². The lowest BCUT2D eigenvalue weighted by molar-refractivity contribution is -0.134. The summed E-state index contributed by atoms with van der Waals surface area (Å²) in [6, 6.07) is 16.7. The van der Waals surface area contributed by atoms with Crippen LogP contribution in [0.4, 0.5) is 0 Å². The van der Waals surface area contributed by atoms with Crippen LogP contribution < -0.4 is 5.48 Å². The van der Waals surface area contributed by atoms with Gasteiger partial charge in [0.15, 0.2) is 5.78 Å². The molecule has 1 unspecified atom stereocenters. The van der Waals surface area contributed by atoms with Gasteiger partial charge in [-0.15, -0.1) is 11.3 Å². The van der Waals surface area contributed by atoms with Crippen molar-refractivity contribution >= 4 is 33.1 Å². The third-order valence-electron chi connectivity index (χ3n) is 5.44. The van der Waals surface area contributed by atoms with E-state index in [9.17, 15) is 18.0 Å². The summed E-state index contributed by atoms with van der Waals surface area (Å²) < 4.78 is 27.4. The van der Waals surface area contributed by atoms with Crippen LogP contribution in [0.15, 0.2) is 65.6 Å². The number of nitrogens with zero attached hydrogens (tertiary/aromatic N) is 1. The predicted molar refractivity (Wildman–Crippen MR) is 121 cm³/mol. The van der Waals surface area contributed by atoms with E-state index in [-0.39, 0.29) is 23.1 Å². The molecule has 166 valence electrons. The molecule has 1 aliphatic rings. The molecule has 32 heavy (non-hydrogen) atoms. The van der Waals surface area contributed by atoms with Gasteiger partial charge in [0.25, 0.3) is 5.91 Å². The lowest BCUT2D eigenvalue weighted by Gasteiger charge is -2.27. The standard InChI is InChI=1S/C23H22N2O5S2/c1-14(2)21(23(27)24-28)25-13-19-20(32(25,29)30)12-18(31-19)15-8-10-17(11-9-15)22(26)16-6-4-3-5-7-16/h3-12,14,21,28H,13H2,1-2H3,(H,24,27). The number of rotatable bonds is 6. The van der Waals surface area contributed by atoms with Crippen molar-refractivity contribution in [1.82, 2.24) is 9.79 Å². The Balaban J connectivity index is 1.60. The first-order valence-electron chi connectivity index (χ1n) is 10.0. The molecule has 9 heteroatoms. The van der Waals surface area contributed by atoms with Gasteiger partial charge >= 0.3 is 0 Å². The minimum atomic E-state index is -3.87. The second-order valence-corrected chi connectivity index (χ2v) is 10.9. The lowest BCUT2D eigenvalue weighted by Crippen LogP contribution is -2.49. The van der Waals surface area contributed by atoms with Gasteiger partial charge in [0.2, 0.25) is 10.0 Å². The smallest absolute Gasteiger partial charge is 0.262 e. The number of hydrogen-bond donors (Lipinski definition) is 2. The molecule has 0 bridgehead atoms. The first kappa shape index (κ1) is 22.3. The molecule has 0 saturated heterocycles. The van der Waals surface area contributed by atoms with Crippen LogP contribution >= 0.6 is 11.3 Å². The van der Waals surface area contributed by atoms with Gasteiger partial charge in [0, 0.05) is 20.9 Å². The van der Waals surface area contributed by atoms with Crippen molar-refractivity contribution in [3.8, 4) is 10.4 Å². The number of carbonyl (C=O) groups is 2. The Morgan fingerprint density at radius 2 is 1.66 bits per heavy atom. The van der Waals surface area contributed by atoms with Crippen molar-refractivity contribution in [1.29, 1.82) is 0 Å². The largest absolute Gasteiger partial charge is 0.289 e. The molecule has 0 saturated carbocycles. The average molecular weight is 471 g/mol. The zero-order valence-electron chi connectivity index (χ0n) is 17.5. The van der Waals surface area contributed by atoms with Gasteiger partial charge in [0.05, 0.1) is 11.4 Å². The first-order chi connectivity index (χ1) is 15.2. The summed E-state index contributed by atoms with van der Waals surface area (Å²) in [5.74, 6) is -1.15. The van der Waals surface area contributed by atoms with Crippen LogP contribution in [0, 0.1) is 5.92 Å². The number of benzene rings is 2. The van der Waals surface area contributed by atoms with Gasteiger partial charge in [0.1, 0.15) is 6.04 Å². The molecule has 3 aromatic rings. The summed E-state index contributed by atoms with van der Waals surface area (Å²) in [5, 5.41) is 9.04. The topological polar surface area (TPSA) is 104 Å². The van der Waals surface area contributed by atoms with Gasteiger partial charge < -0.3 is 0 Å². The van der Waals surface area contributed by atoms with E-state index in [2.05, 4.69) is 0 Å². The minimum Gasteiger partial charge on any atom is -0.289 e. The molecule has 2 N–H and O–H groups in total. The molecule has 0 radical (unpaired) electrons. The third kappa shape index (κ3) is 3.88. The van der Waals surface area contributed by atoms with E-state index in [1.807, 2.05) is 18.2 Å². The summed E-state index contributed by atoms with van der Waals surface area (Å²) >= 11 is 1.34. The Morgan fingerprint density at radius 1 is 1.03 bits per heavy atom. The highest BCUT2D eigenvalue weighted by atomic mass is 32.2. The van der Waals surface area contributed by atoms with E-state index in [0.29, 0.717) is 16.0 Å². The zero-order chi connectivity index (χ0) is 23.0. The van der Waals surface area contributed by atoms with Gasteiger partial charge in [-0.3, -0.25) is 14.8 Å². The maximum absolute atomic E-state index is 13.1. The van der Waals surface area contributed by atoms with Crippen molar-refractivity contribution in [2.24, 2.45) is 5.92 Å². The van der Waals surface area contributed by atoms with E-state index >= 15 is 0 Å². The van der Waals surface area contributed by atoms with Crippen molar-refractivity contribution in [2.75, 3.05) is 0 Å². The molecular formula is C23H22N2O5S2. The van der Waals surface area contributed by atoms with E-state index in [4.69, 9.17) is 5.21 Å². The fourth-order valence-corrected chi connectivity index (χ4v) is 7.32. The van der Waals surface area contributed by atoms with Crippen LogP contribution in [0.2, 0.25) is 0 Å². The van der Waals surface area contributed by atoms with Crippen molar-refractivity contribution in [2.45, 2.75) is 31.3 Å². The van der Waals surface area contributed by atoms with Gasteiger partial charge in [-0.25, -0.2) is 13.9 Å². The molecule has 1 aliphatic heterocycles. The molecule has 0 fully saturated rings. The molecule has 1 amide bonds. The average Bonchev–Trinajstić information content (AvgIpc) is 3.32. The quantitative estimate of drug-likeness (QED) is 0.325. The Bertz CT molecular complexity index is 1270. The number of amides is 1. The van der Waals surface area contributed by atoms with Crippen LogP contribution in [0.5, 0.6) is 0 Å². The monoisotopic (exact) mass is 470 g/mol. The number of hydroxylamine groups is 1.